The van der Waals surface area contributed by atoms with E-state index in [4.69, 9.17) is 9.68 Å². The average Bonchev–Trinajstić information content (AvgIpc) is 2.94. The van der Waals surface area contributed by atoms with Gasteiger partial charge >= 0.3 is 0 Å². The lowest BCUT2D eigenvalue weighted by Gasteiger charge is -2.06. The van der Waals surface area contributed by atoms with Gasteiger partial charge in [0.1, 0.15) is 11.8 Å². The summed E-state index contributed by atoms with van der Waals surface area (Å²) in [7, 11) is -0.226. The van der Waals surface area contributed by atoms with Crippen LogP contribution in [-0.4, -0.2) is 22.5 Å². The highest BCUT2D eigenvalue weighted by molar-refractivity contribution is 7.95. The topological polar surface area (TPSA) is 74.3 Å². The monoisotopic (exact) mass is 302 g/mol. The summed E-state index contributed by atoms with van der Waals surface area (Å²) in [5.41, 5.74) is 0. The molecule has 0 aliphatic rings. The number of rotatable bonds is 4. The van der Waals surface area contributed by atoms with Gasteiger partial charge in [-0.2, -0.15) is 5.26 Å². The summed E-state index contributed by atoms with van der Waals surface area (Å²) in [5.74, 6) is 0.894. The third kappa shape index (κ3) is 3.15. The van der Waals surface area contributed by atoms with Gasteiger partial charge in [-0.05, 0) is 18.2 Å². The number of sulfone groups is 1. The highest BCUT2D eigenvalue weighted by Crippen LogP contribution is 2.23. The molecule has 2 aromatic rings. The second-order valence-corrected chi connectivity index (χ2v) is 6.43. The fraction of sp³-hybridized carbons (Fsp3) is 0.133. The Morgan fingerprint density at radius 3 is 2.38 bits per heavy atom. The third-order valence-corrected chi connectivity index (χ3v) is 4.46. The minimum absolute atomic E-state index is 0.0807. The van der Waals surface area contributed by atoms with Crippen molar-refractivity contribution < 1.29 is 12.8 Å². The summed E-state index contributed by atoms with van der Waals surface area (Å²) < 4.78 is 30.2. The molecule has 0 radical (unpaired) electrons. The molecule has 5 nitrogen and oxygen atoms in total. The lowest BCUT2D eigenvalue weighted by Crippen LogP contribution is -2.06. The van der Waals surface area contributed by atoms with Gasteiger partial charge in [-0.25, -0.2) is 8.42 Å². The molecule has 1 heterocycles. The number of nitriles is 1. The Kier molecular flexibility index (Phi) is 4.15. The van der Waals surface area contributed by atoms with Crippen LogP contribution >= 0.6 is 0 Å². The van der Waals surface area contributed by atoms with Crippen LogP contribution in [-0.2, 0) is 9.84 Å². The molecule has 1 aromatic heterocycles. The first-order valence-corrected chi connectivity index (χ1v) is 7.62. The summed E-state index contributed by atoms with van der Waals surface area (Å²) in [5, 5.41) is 9.15. The van der Waals surface area contributed by atoms with Crippen LogP contribution in [0.25, 0.3) is 6.08 Å². The van der Waals surface area contributed by atoms with Gasteiger partial charge in [0.05, 0.1) is 4.90 Å². The number of nitrogens with zero attached hydrogens (tertiary/aromatic N) is 2. The van der Waals surface area contributed by atoms with E-state index >= 15 is 0 Å². The van der Waals surface area contributed by atoms with Crippen molar-refractivity contribution in [3.63, 3.8) is 0 Å². The Morgan fingerprint density at radius 1 is 1.19 bits per heavy atom. The Balaban J connectivity index is 2.44. The Morgan fingerprint density at radius 2 is 1.86 bits per heavy atom. The van der Waals surface area contributed by atoms with Crippen LogP contribution in [0.15, 0.2) is 56.7 Å². The van der Waals surface area contributed by atoms with E-state index < -0.39 is 9.84 Å². The van der Waals surface area contributed by atoms with Gasteiger partial charge in [-0.15, -0.1) is 0 Å². The molecule has 21 heavy (non-hydrogen) atoms. The molecule has 0 spiro atoms. The summed E-state index contributed by atoms with van der Waals surface area (Å²) in [6.45, 7) is 0. The van der Waals surface area contributed by atoms with Crippen molar-refractivity contribution >= 4 is 21.8 Å². The fourth-order valence-electron chi connectivity index (χ4n) is 1.69. The van der Waals surface area contributed by atoms with Gasteiger partial charge in [0.25, 0.3) is 0 Å². The van der Waals surface area contributed by atoms with Gasteiger partial charge in [-0.3, -0.25) is 0 Å². The Hall–Kier alpha value is -2.52. The van der Waals surface area contributed by atoms with Crippen molar-refractivity contribution in [3.05, 3.63) is 53.1 Å². The minimum atomic E-state index is -3.83. The maximum Gasteiger partial charge on any atom is 0.216 e. The molecule has 0 amide bonds. The van der Waals surface area contributed by atoms with Crippen LogP contribution in [0, 0.1) is 11.3 Å². The summed E-state index contributed by atoms with van der Waals surface area (Å²) in [4.78, 5) is 1.47. The first-order valence-electron chi connectivity index (χ1n) is 6.14. The van der Waals surface area contributed by atoms with Crippen LogP contribution in [0.4, 0.5) is 5.88 Å². The minimum Gasteiger partial charge on any atom is -0.441 e. The molecule has 6 heteroatoms. The normalized spacial score (nSPS) is 12.0. The summed E-state index contributed by atoms with van der Waals surface area (Å²) >= 11 is 0. The number of hydrogen-bond donors (Lipinski definition) is 0. The van der Waals surface area contributed by atoms with E-state index in [2.05, 4.69) is 0 Å². The molecule has 0 atom stereocenters. The smallest absolute Gasteiger partial charge is 0.216 e. The van der Waals surface area contributed by atoms with Crippen LogP contribution in [0.3, 0.4) is 0 Å². The predicted octanol–water partition coefficient (Wildman–Crippen LogP) is 2.68. The zero-order chi connectivity index (χ0) is 15.5. The van der Waals surface area contributed by atoms with Crippen LogP contribution < -0.4 is 4.90 Å². The van der Waals surface area contributed by atoms with Crippen molar-refractivity contribution in [1.82, 2.24) is 0 Å². The van der Waals surface area contributed by atoms with Crippen LogP contribution in [0.5, 0.6) is 0 Å². The van der Waals surface area contributed by atoms with Gasteiger partial charge < -0.3 is 9.32 Å². The van der Waals surface area contributed by atoms with E-state index in [9.17, 15) is 8.42 Å². The van der Waals surface area contributed by atoms with Crippen LogP contribution in [0.2, 0.25) is 0 Å². The van der Waals surface area contributed by atoms with Gasteiger partial charge in [0.2, 0.25) is 9.84 Å². The first kappa shape index (κ1) is 14.9. The van der Waals surface area contributed by atoms with E-state index in [1.807, 2.05) is 0 Å². The second-order valence-electron chi connectivity index (χ2n) is 4.51. The van der Waals surface area contributed by atoms with Gasteiger partial charge in [0.15, 0.2) is 10.8 Å². The second kappa shape index (κ2) is 5.85. The molecule has 0 aliphatic heterocycles. The number of hydrogen-bond acceptors (Lipinski definition) is 5. The van der Waals surface area contributed by atoms with E-state index in [-0.39, 0.29) is 9.80 Å². The quantitative estimate of drug-likeness (QED) is 0.812. The summed E-state index contributed by atoms with van der Waals surface area (Å²) in [6, 6.07) is 12.9. The Labute approximate surface area is 123 Å². The number of anilines is 1. The van der Waals surface area contributed by atoms with Crippen molar-refractivity contribution in [1.29, 1.82) is 5.26 Å². The number of furan rings is 1. The van der Waals surface area contributed by atoms with Crippen molar-refractivity contribution in [3.8, 4) is 6.07 Å². The van der Waals surface area contributed by atoms with Crippen molar-refractivity contribution in [2.24, 2.45) is 0 Å². The highest BCUT2D eigenvalue weighted by atomic mass is 32.2. The molecular formula is C15H14N2O3S. The molecule has 108 valence electrons. The summed E-state index contributed by atoms with van der Waals surface area (Å²) in [6.07, 6.45) is 1.23. The largest absolute Gasteiger partial charge is 0.441 e. The molecule has 2 rings (SSSR count). The molecule has 0 aliphatic carbocycles. The van der Waals surface area contributed by atoms with Gasteiger partial charge in [0, 0.05) is 26.2 Å². The molecule has 1 aromatic carbocycles. The van der Waals surface area contributed by atoms with Crippen molar-refractivity contribution in [2.75, 3.05) is 19.0 Å². The molecule has 0 fully saturated rings. The number of allylic oxidation sites excluding steroid dienone is 1. The molecule has 0 saturated heterocycles. The van der Waals surface area contributed by atoms with Crippen molar-refractivity contribution in [2.45, 2.75) is 4.90 Å². The molecular weight excluding hydrogens is 288 g/mol. The molecule has 0 unspecified atom stereocenters. The molecule has 0 bridgehead atoms. The average molecular weight is 302 g/mol. The fourth-order valence-corrected chi connectivity index (χ4v) is 2.85. The number of benzene rings is 1. The lowest BCUT2D eigenvalue weighted by atomic mass is 10.4. The Bertz CT molecular complexity index is 797. The molecule has 0 N–H and O–H groups in total. The van der Waals surface area contributed by atoms with E-state index in [1.165, 1.54) is 18.2 Å². The van der Waals surface area contributed by atoms with E-state index in [0.717, 1.165) is 0 Å². The van der Waals surface area contributed by atoms with Gasteiger partial charge in [-0.1, -0.05) is 18.2 Å². The standard InChI is InChI=1S/C15H14N2O3S/c1-17(2)15-9-8-12(20-15)10-14(11-16)21(18,19)13-6-4-3-5-7-13/h3-10H,1-2H3/b14-10-. The maximum atomic E-state index is 12.4. The predicted molar refractivity (Wildman–Crippen MR) is 80.3 cm³/mol. The lowest BCUT2D eigenvalue weighted by molar-refractivity contribution is 0.555. The maximum absolute atomic E-state index is 12.4. The van der Waals surface area contributed by atoms with E-state index in [0.29, 0.717) is 11.6 Å². The SMILES string of the molecule is CN(C)c1ccc(/C=C(/C#N)S(=O)(=O)c2ccccc2)o1. The third-order valence-electron chi connectivity index (χ3n) is 2.78. The first-order chi connectivity index (χ1) is 9.95. The zero-order valence-corrected chi connectivity index (χ0v) is 12.5. The van der Waals surface area contributed by atoms with Crippen LogP contribution in [0.1, 0.15) is 5.76 Å². The van der Waals surface area contributed by atoms with E-state index in [1.54, 1.807) is 55.4 Å². The highest BCUT2D eigenvalue weighted by Gasteiger charge is 2.21. The molecule has 0 saturated carbocycles. The zero-order valence-electron chi connectivity index (χ0n) is 11.6.